The van der Waals surface area contributed by atoms with E-state index in [4.69, 9.17) is 4.74 Å². The molecule has 1 unspecified atom stereocenters. The Hall–Kier alpha value is -4.78. The summed E-state index contributed by atoms with van der Waals surface area (Å²) in [5.74, 6) is -2.01. The number of ether oxygens (including phenoxy) is 1. The third-order valence-corrected chi connectivity index (χ3v) is 5.83. The monoisotopic (exact) mass is 464 g/mol. The Labute approximate surface area is 200 Å². The summed E-state index contributed by atoms with van der Waals surface area (Å²) in [6.07, 6.45) is -1.02. The lowest BCUT2D eigenvalue weighted by Crippen LogP contribution is -2.40. The molecule has 3 amide bonds. The molecule has 35 heavy (non-hydrogen) atoms. The van der Waals surface area contributed by atoms with Crippen molar-refractivity contribution in [1.29, 1.82) is 0 Å². The van der Waals surface area contributed by atoms with Gasteiger partial charge in [-0.2, -0.15) is 0 Å². The highest BCUT2D eigenvalue weighted by Crippen LogP contribution is 2.32. The van der Waals surface area contributed by atoms with Crippen LogP contribution in [0.25, 0.3) is 10.8 Å². The number of carbonyl (C=O) groups is 4. The van der Waals surface area contributed by atoms with Gasteiger partial charge < -0.3 is 10.1 Å². The van der Waals surface area contributed by atoms with E-state index in [1.807, 2.05) is 18.2 Å². The summed E-state index contributed by atoms with van der Waals surface area (Å²) in [4.78, 5) is 52.3. The van der Waals surface area contributed by atoms with Gasteiger partial charge in [0.05, 0.1) is 11.3 Å². The molecule has 1 aliphatic rings. The predicted octanol–water partition coefficient (Wildman–Crippen LogP) is 4.82. The van der Waals surface area contributed by atoms with Crippen LogP contribution in [0.1, 0.15) is 38.0 Å². The van der Waals surface area contributed by atoms with Gasteiger partial charge in [-0.25, -0.2) is 9.69 Å². The molecular weight excluding hydrogens is 444 g/mol. The van der Waals surface area contributed by atoms with Gasteiger partial charge >= 0.3 is 5.97 Å². The zero-order valence-electron chi connectivity index (χ0n) is 18.7. The zero-order chi connectivity index (χ0) is 24.5. The van der Waals surface area contributed by atoms with Crippen LogP contribution in [0.3, 0.4) is 0 Å². The van der Waals surface area contributed by atoms with E-state index < -0.39 is 29.8 Å². The van der Waals surface area contributed by atoms with E-state index in [1.165, 1.54) is 31.2 Å². The van der Waals surface area contributed by atoms with E-state index in [0.717, 1.165) is 10.3 Å². The molecule has 1 atom stereocenters. The molecule has 4 aromatic rings. The van der Waals surface area contributed by atoms with Crippen molar-refractivity contribution in [1.82, 2.24) is 0 Å². The van der Waals surface area contributed by atoms with Crippen molar-refractivity contribution >= 4 is 45.8 Å². The standard InChI is InChI=1S/C28H20N2O5/c1-17(25(31)29-20-9-3-2-4-10-20)35-28(34)19-13-15-21(16-14-19)30-26(32)22-11-5-7-18-8-6-12-23(24(18)22)27(30)33/h2-17H,1H3,(H,29,31). The Bertz CT molecular complexity index is 1430. The molecule has 0 aromatic heterocycles. The Balaban J connectivity index is 1.32. The maximum Gasteiger partial charge on any atom is 0.338 e. The van der Waals surface area contributed by atoms with Gasteiger partial charge in [-0.3, -0.25) is 14.4 Å². The number of nitrogens with one attached hydrogen (secondary N) is 1. The van der Waals surface area contributed by atoms with Crippen molar-refractivity contribution in [3.8, 4) is 0 Å². The van der Waals surface area contributed by atoms with Crippen LogP contribution in [-0.4, -0.2) is 29.8 Å². The lowest BCUT2D eigenvalue weighted by atomic mass is 9.94. The second-order valence-corrected chi connectivity index (χ2v) is 8.10. The van der Waals surface area contributed by atoms with Crippen LogP contribution in [0, 0.1) is 0 Å². The molecule has 172 valence electrons. The topological polar surface area (TPSA) is 92.8 Å². The maximum atomic E-state index is 13.2. The Morgan fingerprint density at radius 1 is 0.771 bits per heavy atom. The highest BCUT2D eigenvalue weighted by Gasteiger charge is 2.33. The van der Waals surface area contributed by atoms with Gasteiger partial charge in [-0.15, -0.1) is 0 Å². The van der Waals surface area contributed by atoms with Gasteiger partial charge in [-0.1, -0.05) is 42.5 Å². The van der Waals surface area contributed by atoms with E-state index in [-0.39, 0.29) is 5.56 Å². The molecular formula is C28H20N2O5. The van der Waals surface area contributed by atoms with Gasteiger partial charge in [0.15, 0.2) is 6.10 Å². The van der Waals surface area contributed by atoms with Crippen molar-refractivity contribution < 1.29 is 23.9 Å². The number of benzene rings is 4. The minimum absolute atomic E-state index is 0.188. The highest BCUT2D eigenvalue weighted by atomic mass is 16.5. The van der Waals surface area contributed by atoms with E-state index in [2.05, 4.69) is 5.32 Å². The van der Waals surface area contributed by atoms with Crippen molar-refractivity contribution in [3.05, 3.63) is 108 Å². The smallest absolute Gasteiger partial charge is 0.338 e. The van der Waals surface area contributed by atoms with Gasteiger partial charge in [0, 0.05) is 22.2 Å². The highest BCUT2D eigenvalue weighted by molar-refractivity contribution is 6.35. The fourth-order valence-electron chi connectivity index (χ4n) is 4.06. The summed E-state index contributed by atoms with van der Waals surface area (Å²) in [5.41, 5.74) is 2.00. The molecule has 0 bridgehead atoms. The molecule has 0 aliphatic carbocycles. The molecule has 7 nitrogen and oxygen atoms in total. The molecule has 5 rings (SSSR count). The molecule has 1 N–H and O–H groups in total. The molecule has 1 aliphatic heterocycles. The zero-order valence-corrected chi connectivity index (χ0v) is 18.7. The number of rotatable bonds is 5. The fourth-order valence-corrected chi connectivity index (χ4v) is 4.06. The molecule has 7 heteroatoms. The minimum Gasteiger partial charge on any atom is -0.449 e. The predicted molar refractivity (Wildman–Crippen MR) is 131 cm³/mol. The first-order chi connectivity index (χ1) is 16.9. The summed E-state index contributed by atoms with van der Waals surface area (Å²) in [5, 5.41) is 4.15. The summed E-state index contributed by atoms with van der Waals surface area (Å²) in [6.45, 7) is 1.48. The number of hydrogen-bond acceptors (Lipinski definition) is 5. The normalized spacial score (nSPS) is 13.5. The van der Waals surface area contributed by atoms with Crippen LogP contribution < -0.4 is 10.2 Å². The van der Waals surface area contributed by atoms with Crippen molar-refractivity contribution in [2.45, 2.75) is 13.0 Å². The van der Waals surface area contributed by atoms with E-state index >= 15 is 0 Å². The molecule has 0 spiro atoms. The van der Waals surface area contributed by atoms with Gasteiger partial charge in [0.25, 0.3) is 17.7 Å². The number of nitrogens with zero attached hydrogens (tertiary/aromatic N) is 1. The van der Waals surface area contributed by atoms with Crippen molar-refractivity contribution in [3.63, 3.8) is 0 Å². The van der Waals surface area contributed by atoms with Crippen LogP contribution in [0.2, 0.25) is 0 Å². The lowest BCUT2D eigenvalue weighted by molar-refractivity contribution is -0.123. The van der Waals surface area contributed by atoms with Crippen LogP contribution in [0.5, 0.6) is 0 Å². The first kappa shape index (κ1) is 22.0. The van der Waals surface area contributed by atoms with Crippen molar-refractivity contribution in [2.24, 2.45) is 0 Å². The maximum absolute atomic E-state index is 13.2. The summed E-state index contributed by atoms with van der Waals surface area (Å²) < 4.78 is 5.28. The molecule has 0 radical (unpaired) electrons. The van der Waals surface area contributed by atoms with Crippen LogP contribution >= 0.6 is 0 Å². The van der Waals surface area contributed by atoms with Gasteiger partial charge in [0.1, 0.15) is 0 Å². The van der Waals surface area contributed by atoms with E-state index in [0.29, 0.717) is 27.9 Å². The largest absolute Gasteiger partial charge is 0.449 e. The number of esters is 1. The number of para-hydroxylation sites is 1. The average molecular weight is 464 g/mol. The quantitative estimate of drug-likeness (QED) is 0.338. The summed E-state index contributed by atoms with van der Waals surface area (Å²) in [6, 6.07) is 25.5. The molecule has 0 saturated carbocycles. The number of carbonyl (C=O) groups excluding carboxylic acids is 4. The molecule has 4 aromatic carbocycles. The van der Waals surface area contributed by atoms with Gasteiger partial charge in [0.2, 0.25) is 0 Å². The molecule has 1 heterocycles. The number of anilines is 2. The first-order valence-electron chi connectivity index (χ1n) is 11.0. The van der Waals surface area contributed by atoms with Gasteiger partial charge in [-0.05, 0) is 60.8 Å². The minimum atomic E-state index is -1.02. The Kier molecular flexibility index (Phi) is 5.58. The Morgan fingerprint density at radius 2 is 1.37 bits per heavy atom. The average Bonchev–Trinajstić information content (AvgIpc) is 2.88. The SMILES string of the molecule is CC(OC(=O)c1ccc(N2C(=O)c3cccc4cccc(c34)C2=O)cc1)C(=O)Nc1ccccc1. The second kappa shape index (κ2) is 8.87. The second-order valence-electron chi connectivity index (χ2n) is 8.10. The fraction of sp³-hybridized carbons (Fsp3) is 0.0714. The summed E-state index contributed by atoms with van der Waals surface area (Å²) in [7, 11) is 0. The third kappa shape index (κ3) is 4.04. The van der Waals surface area contributed by atoms with Crippen LogP contribution in [0.15, 0.2) is 91.0 Å². The van der Waals surface area contributed by atoms with Crippen LogP contribution in [0.4, 0.5) is 11.4 Å². The Morgan fingerprint density at radius 3 is 1.97 bits per heavy atom. The number of amides is 3. The third-order valence-electron chi connectivity index (χ3n) is 5.83. The number of imide groups is 1. The van der Waals surface area contributed by atoms with E-state index in [9.17, 15) is 19.2 Å². The first-order valence-corrected chi connectivity index (χ1v) is 11.0. The molecule has 0 saturated heterocycles. The van der Waals surface area contributed by atoms with E-state index in [1.54, 1.807) is 48.5 Å². The summed E-state index contributed by atoms with van der Waals surface area (Å²) >= 11 is 0. The van der Waals surface area contributed by atoms with Crippen LogP contribution in [-0.2, 0) is 9.53 Å². The number of hydrogen-bond donors (Lipinski definition) is 1. The lowest BCUT2D eigenvalue weighted by Gasteiger charge is -2.27. The van der Waals surface area contributed by atoms with Crippen molar-refractivity contribution in [2.75, 3.05) is 10.2 Å². The molecule has 0 fully saturated rings.